The van der Waals surface area contributed by atoms with E-state index >= 15 is 0 Å². The third-order valence-corrected chi connectivity index (χ3v) is 3.77. The SMILES string of the molecule is CC(C(=O)NCc1ccccc1Cl)N1CCNC(=O)C1. The van der Waals surface area contributed by atoms with E-state index in [1.807, 2.05) is 23.1 Å². The highest BCUT2D eigenvalue weighted by Crippen LogP contribution is 2.14. The van der Waals surface area contributed by atoms with Crippen molar-refractivity contribution in [1.82, 2.24) is 15.5 Å². The maximum atomic E-state index is 12.1. The average molecular weight is 296 g/mol. The van der Waals surface area contributed by atoms with Gasteiger partial charge in [0.15, 0.2) is 0 Å². The molecule has 1 fully saturated rings. The number of hydrogen-bond acceptors (Lipinski definition) is 3. The summed E-state index contributed by atoms with van der Waals surface area (Å²) in [4.78, 5) is 25.3. The molecule has 1 atom stereocenters. The van der Waals surface area contributed by atoms with Gasteiger partial charge in [-0.15, -0.1) is 0 Å². The van der Waals surface area contributed by atoms with Gasteiger partial charge in [0.05, 0.1) is 12.6 Å². The van der Waals surface area contributed by atoms with Gasteiger partial charge in [-0.1, -0.05) is 29.8 Å². The van der Waals surface area contributed by atoms with Crippen molar-refractivity contribution in [2.45, 2.75) is 19.5 Å². The van der Waals surface area contributed by atoms with Crippen LogP contribution in [0.1, 0.15) is 12.5 Å². The van der Waals surface area contributed by atoms with E-state index in [0.717, 1.165) is 5.56 Å². The Morgan fingerprint density at radius 3 is 2.95 bits per heavy atom. The number of hydrogen-bond donors (Lipinski definition) is 2. The standard InChI is InChI=1S/C14H18ClN3O2/c1-10(18-7-6-16-13(19)9-18)14(20)17-8-11-4-2-3-5-12(11)15/h2-5,10H,6-9H2,1H3,(H,16,19)(H,17,20). The van der Waals surface area contributed by atoms with Gasteiger partial charge in [-0.25, -0.2) is 0 Å². The molecule has 5 nitrogen and oxygen atoms in total. The van der Waals surface area contributed by atoms with Crippen LogP contribution in [0.25, 0.3) is 0 Å². The van der Waals surface area contributed by atoms with Crippen molar-refractivity contribution in [3.8, 4) is 0 Å². The Kier molecular flexibility index (Phi) is 4.98. The monoisotopic (exact) mass is 295 g/mol. The van der Waals surface area contributed by atoms with Gasteiger partial charge in [0.25, 0.3) is 0 Å². The zero-order valence-electron chi connectivity index (χ0n) is 11.4. The molecule has 20 heavy (non-hydrogen) atoms. The molecule has 0 spiro atoms. The summed E-state index contributed by atoms with van der Waals surface area (Å²) in [6.07, 6.45) is 0. The van der Waals surface area contributed by atoms with Gasteiger partial charge in [0.1, 0.15) is 0 Å². The van der Waals surface area contributed by atoms with Gasteiger partial charge in [-0.2, -0.15) is 0 Å². The van der Waals surface area contributed by atoms with Gasteiger partial charge in [-0.05, 0) is 18.6 Å². The van der Waals surface area contributed by atoms with E-state index < -0.39 is 0 Å². The van der Waals surface area contributed by atoms with Crippen LogP contribution in [0.3, 0.4) is 0 Å². The lowest BCUT2D eigenvalue weighted by Gasteiger charge is -2.31. The second kappa shape index (κ2) is 6.72. The summed E-state index contributed by atoms with van der Waals surface area (Å²) in [5.74, 6) is -0.137. The third-order valence-electron chi connectivity index (χ3n) is 3.41. The molecule has 2 rings (SSSR count). The van der Waals surface area contributed by atoms with Crippen LogP contribution < -0.4 is 10.6 Å². The van der Waals surface area contributed by atoms with Gasteiger partial charge < -0.3 is 10.6 Å². The molecule has 1 unspecified atom stereocenters. The van der Waals surface area contributed by atoms with E-state index in [1.165, 1.54) is 0 Å². The maximum absolute atomic E-state index is 12.1. The number of benzene rings is 1. The molecule has 1 aliphatic heterocycles. The third kappa shape index (κ3) is 3.71. The summed E-state index contributed by atoms with van der Waals surface area (Å²) < 4.78 is 0. The number of carbonyl (C=O) groups is 2. The number of rotatable bonds is 4. The van der Waals surface area contributed by atoms with Crippen molar-refractivity contribution >= 4 is 23.4 Å². The molecule has 0 bridgehead atoms. The Bertz CT molecular complexity index is 507. The summed E-state index contributed by atoms with van der Waals surface area (Å²) in [6, 6.07) is 7.07. The van der Waals surface area contributed by atoms with Gasteiger partial charge >= 0.3 is 0 Å². The van der Waals surface area contributed by atoms with Crippen LogP contribution in [-0.2, 0) is 16.1 Å². The lowest BCUT2D eigenvalue weighted by atomic mass is 10.2. The molecule has 2 amide bonds. The van der Waals surface area contributed by atoms with Crippen molar-refractivity contribution in [1.29, 1.82) is 0 Å². The highest BCUT2D eigenvalue weighted by Gasteiger charge is 2.25. The van der Waals surface area contributed by atoms with Gasteiger partial charge in [0, 0.05) is 24.7 Å². The molecule has 1 aliphatic rings. The minimum absolute atomic E-state index is 0.0398. The first-order valence-corrected chi connectivity index (χ1v) is 6.97. The van der Waals surface area contributed by atoms with E-state index in [9.17, 15) is 9.59 Å². The summed E-state index contributed by atoms with van der Waals surface area (Å²) >= 11 is 6.04. The van der Waals surface area contributed by atoms with Crippen molar-refractivity contribution in [3.05, 3.63) is 34.9 Å². The zero-order valence-corrected chi connectivity index (χ0v) is 12.1. The average Bonchev–Trinajstić information content (AvgIpc) is 2.45. The van der Waals surface area contributed by atoms with Crippen LogP contribution in [-0.4, -0.2) is 42.4 Å². The molecular formula is C14H18ClN3O2. The molecule has 108 valence electrons. The van der Waals surface area contributed by atoms with Gasteiger partial charge in [0.2, 0.25) is 11.8 Å². The fourth-order valence-electron chi connectivity index (χ4n) is 2.13. The van der Waals surface area contributed by atoms with Crippen LogP contribution in [0, 0.1) is 0 Å². The molecule has 1 aromatic rings. The Balaban J connectivity index is 1.88. The first-order valence-electron chi connectivity index (χ1n) is 6.60. The molecule has 1 saturated heterocycles. The van der Waals surface area contributed by atoms with E-state index in [2.05, 4.69) is 10.6 Å². The van der Waals surface area contributed by atoms with Crippen LogP contribution in [0.5, 0.6) is 0 Å². The molecule has 0 radical (unpaired) electrons. The number of nitrogens with one attached hydrogen (secondary N) is 2. The van der Waals surface area contributed by atoms with E-state index in [0.29, 0.717) is 24.7 Å². The fraction of sp³-hybridized carbons (Fsp3) is 0.429. The van der Waals surface area contributed by atoms with E-state index in [1.54, 1.807) is 13.0 Å². The Morgan fingerprint density at radius 2 is 2.25 bits per heavy atom. The molecular weight excluding hydrogens is 278 g/mol. The number of halogens is 1. The fourth-order valence-corrected chi connectivity index (χ4v) is 2.33. The topological polar surface area (TPSA) is 61.4 Å². The molecule has 1 heterocycles. The summed E-state index contributed by atoms with van der Waals surface area (Å²) in [5, 5.41) is 6.23. The largest absolute Gasteiger partial charge is 0.354 e. The molecule has 0 saturated carbocycles. The van der Waals surface area contributed by atoms with E-state index in [-0.39, 0.29) is 24.4 Å². The minimum Gasteiger partial charge on any atom is -0.354 e. The van der Waals surface area contributed by atoms with Crippen LogP contribution in [0.15, 0.2) is 24.3 Å². The second-order valence-electron chi connectivity index (χ2n) is 4.81. The molecule has 0 aliphatic carbocycles. The highest BCUT2D eigenvalue weighted by molar-refractivity contribution is 6.31. The predicted molar refractivity (Wildman–Crippen MR) is 77.3 cm³/mol. The molecule has 1 aromatic carbocycles. The Hall–Kier alpha value is -1.59. The minimum atomic E-state index is -0.330. The van der Waals surface area contributed by atoms with Crippen LogP contribution in [0.4, 0.5) is 0 Å². The van der Waals surface area contributed by atoms with Crippen molar-refractivity contribution in [2.75, 3.05) is 19.6 Å². The second-order valence-corrected chi connectivity index (χ2v) is 5.21. The highest BCUT2D eigenvalue weighted by atomic mass is 35.5. The van der Waals surface area contributed by atoms with Crippen molar-refractivity contribution < 1.29 is 9.59 Å². The first-order chi connectivity index (χ1) is 9.58. The first kappa shape index (κ1) is 14.8. The number of carbonyl (C=O) groups excluding carboxylic acids is 2. The smallest absolute Gasteiger partial charge is 0.237 e. The lowest BCUT2D eigenvalue weighted by Crippen LogP contribution is -2.54. The normalized spacial score (nSPS) is 17.4. The summed E-state index contributed by atoms with van der Waals surface area (Å²) in [7, 11) is 0. The number of nitrogens with zero attached hydrogens (tertiary/aromatic N) is 1. The molecule has 0 aromatic heterocycles. The maximum Gasteiger partial charge on any atom is 0.237 e. The van der Waals surface area contributed by atoms with E-state index in [4.69, 9.17) is 11.6 Å². The number of piperazine rings is 1. The Morgan fingerprint density at radius 1 is 1.50 bits per heavy atom. The molecule has 2 N–H and O–H groups in total. The Labute approximate surface area is 123 Å². The van der Waals surface area contributed by atoms with Gasteiger partial charge in [-0.3, -0.25) is 14.5 Å². The predicted octanol–water partition coefficient (Wildman–Crippen LogP) is 0.776. The van der Waals surface area contributed by atoms with Crippen molar-refractivity contribution in [2.24, 2.45) is 0 Å². The van der Waals surface area contributed by atoms with Crippen LogP contribution >= 0.6 is 11.6 Å². The lowest BCUT2D eigenvalue weighted by molar-refractivity contribution is -0.130. The summed E-state index contributed by atoms with van der Waals surface area (Å²) in [6.45, 7) is 3.73. The van der Waals surface area contributed by atoms with Crippen molar-refractivity contribution in [3.63, 3.8) is 0 Å². The molecule has 6 heteroatoms. The number of amides is 2. The zero-order chi connectivity index (χ0) is 14.5. The quantitative estimate of drug-likeness (QED) is 0.863. The van der Waals surface area contributed by atoms with Crippen LogP contribution in [0.2, 0.25) is 5.02 Å². The summed E-state index contributed by atoms with van der Waals surface area (Å²) in [5.41, 5.74) is 0.881.